The number of amides is 1. The number of benzene rings is 1. The van der Waals surface area contributed by atoms with Crippen LogP contribution in [0, 0.1) is 17.8 Å². The van der Waals surface area contributed by atoms with Crippen molar-refractivity contribution in [2.75, 3.05) is 26.2 Å². The third-order valence-corrected chi connectivity index (χ3v) is 7.80. The SMILES string of the molecule is CC1CN(CCC(C(=O)NCC(=O)O)C2CCCCC2)CCC1(C)c1cccc(O)c1. The molecule has 0 bridgehead atoms. The molecule has 31 heavy (non-hydrogen) atoms. The van der Waals surface area contributed by atoms with Gasteiger partial charge >= 0.3 is 5.97 Å². The van der Waals surface area contributed by atoms with E-state index in [0.29, 0.717) is 17.6 Å². The second-order valence-electron chi connectivity index (χ2n) is 9.82. The summed E-state index contributed by atoms with van der Waals surface area (Å²) in [5.74, 6) is -0.0829. The van der Waals surface area contributed by atoms with Gasteiger partial charge in [0.25, 0.3) is 0 Å². The molecule has 6 heteroatoms. The number of phenolic OH excluding ortho intramolecular Hbond substituents is 1. The Bertz CT molecular complexity index is 762. The van der Waals surface area contributed by atoms with Crippen molar-refractivity contribution in [3.63, 3.8) is 0 Å². The van der Waals surface area contributed by atoms with Crippen LogP contribution in [0.15, 0.2) is 24.3 Å². The number of carbonyl (C=O) groups is 2. The van der Waals surface area contributed by atoms with Crippen molar-refractivity contribution in [3.8, 4) is 5.75 Å². The van der Waals surface area contributed by atoms with Crippen LogP contribution in [0.25, 0.3) is 0 Å². The second-order valence-corrected chi connectivity index (χ2v) is 9.82. The quantitative estimate of drug-likeness (QED) is 0.584. The van der Waals surface area contributed by atoms with Crippen LogP contribution < -0.4 is 5.32 Å². The van der Waals surface area contributed by atoms with Gasteiger partial charge in [-0.25, -0.2) is 0 Å². The first-order valence-electron chi connectivity index (χ1n) is 11.8. The summed E-state index contributed by atoms with van der Waals surface area (Å²) in [6.07, 6.45) is 7.49. The van der Waals surface area contributed by atoms with Gasteiger partial charge in [-0.05, 0) is 73.7 Å². The Morgan fingerprint density at radius 2 is 2.00 bits per heavy atom. The zero-order valence-electron chi connectivity index (χ0n) is 19.0. The molecular formula is C25H38N2O4. The second kappa shape index (κ2) is 10.5. The number of hydrogen-bond acceptors (Lipinski definition) is 4. The third-order valence-electron chi connectivity index (χ3n) is 7.80. The van der Waals surface area contributed by atoms with Gasteiger partial charge in [0.05, 0.1) is 0 Å². The molecule has 0 radical (unpaired) electrons. The Morgan fingerprint density at radius 3 is 2.65 bits per heavy atom. The molecule has 0 spiro atoms. The Hall–Kier alpha value is -2.08. The summed E-state index contributed by atoms with van der Waals surface area (Å²) in [6.45, 7) is 7.04. The third kappa shape index (κ3) is 6.00. The van der Waals surface area contributed by atoms with E-state index < -0.39 is 5.97 Å². The minimum absolute atomic E-state index is 0.0247. The largest absolute Gasteiger partial charge is 0.508 e. The molecule has 0 aromatic heterocycles. The van der Waals surface area contributed by atoms with Gasteiger partial charge in [-0.15, -0.1) is 0 Å². The molecule has 172 valence electrons. The van der Waals surface area contributed by atoms with E-state index in [1.54, 1.807) is 6.07 Å². The van der Waals surface area contributed by atoms with Crippen LogP contribution in [-0.4, -0.2) is 53.2 Å². The first-order chi connectivity index (χ1) is 14.8. The lowest BCUT2D eigenvalue weighted by Gasteiger charge is -2.45. The fraction of sp³-hybridized carbons (Fsp3) is 0.680. The summed E-state index contributed by atoms with van der Waals surface area (Å²) in [7, 11) is 0. The normalized spacial score (nSPS) is 26.3. The van der Waals surface area contributed by atoms with Crippen molar-refractivity contribution >= 4 is 11.9 Å². The Morgan fingerprint density at radius 1 is 1.26 bits per heavy atom. The average molecular weight is 431 g/mol. The number of rotatable bonds is 8. The highest BCUT2D eigenvalue weighted by molar-refractivity contribution is 5.83. The Balaban J connectivity index is 1.60. The molecule has 3 unspecified atom stereocenters. The topological polar surface area (TPSA) is 89.9 Å². The van der Waals surface area contributed by atoms with Gasteiger partial charge in [0.1, 0.15) is 12.3 Å². The smallest absolute Gasteiger partial charge is 0.322 e. The van der Waals surface area contributed by atoms with Gasteiger partial charge in [-0.3, -0.25) is 9.59 Å². The van der Waals surface area contributed by atoms with E-state index in [1.807, 2.05) is 12.1 Å². The minimum atomic E-state index is -0.994. The molecule has 1 saturated carbocycles. The highest BCUT2D eigenvalue weighted by Gasteiger charge is 2.38. The molecule has 1 amide bonds. The van der Waals surface area contributed by atoms with E-state index >= 15 is 0 Å². The fourth-order valence-corrected chi connectivity index (χ4v) is 5.54. The zero-order chi connectivity index (χ0) is 22.4. The summed E-state index contributed by atoms with van der Waals surface area (Å²) in [5, 5.41) is 21.5. The lowest BCUT2D eigenvalue weighted by Crippen LogP contribution is -2.48. The number of carboxylic acids is 1. The molecule has 1 aromatic carbocycles. The maximum absolute atomic E-state index is 12.8. The summed E-state index contributed by atoms with van der Waals surface area (Å²) in [4.78, 5) is 26.1. The summed E-state index contributed by atoms with van der Waals surface area (Å²) < 4.78 is 0. The van der Waals surface area contributed by atoms with Crippen molar-refractivity contribution in [3.05, 3.63) is 29.8 Å². The average Bonchev–Trinajstić information content (AvgIpc) is 2.75. The van der Waals surface area contributed by atoms with E-state index in [-0.39, 0.29) is 23.8 Å². The number of aromatic hydroxyl groups is 1. The van der Waals surface area contributed by atoms with Crippen LogP contribution >= 0.6 is 0 Å². The highest BCUT2D eigenvalue weighted by Crippen LogP contribution is 2.40. The van der Waals surface area contributed by atoms with Crippen LogP contribution in [0.5, 0.6) is 5.75 Å². The number of hydrogen-bond donors (Lipinski definition) is 3. The fourth-order valence-electron chi connectivity index (χ4n) is 5.54. The number of nitrogens with zero attached hydrogens (tertiary/aromatic N) is 1. The first-order valence-corrected chi connectivity index (χ1v) is 11.8. The number of phenols is 1. The molecule has 3 N–H and O–H groups in total. The zero-order valence-corrected chi connectivity index (χ0v) is 19.0. The van der Waals surface area contributed by atoms with Crippen LogP contribution in [-0.2, 0) is 15.0 Å². The molecule has 2 aliphatic rings. The molecule has 1 saturated heterocycles. The molecular weight excluding hydrogens is 392 g/mol. The van der Waals surface area contributed by atoms with Crippen LogP contribution in [0.3, 0.4) is 0 Å². The Kier molecular flexibility index (Phi) is 7.98. The maximum atomic E-state index is 12.8. The van der Waals surface area contributed by atoms with Crippen LogP contribution in [0.4, 0.5) is 0 Å². The van der Waals surface area contributed by atoms with Crippen molar-refractivity contribution in [2.24, 2.45) is 17.8 Å². The van der Waals surface area contributed by atoms with E-state index in [4.69, 9.17) is 5.11 Å². The van der Waals surface area contributed by atoms with Crippen molar-refractivity contribution in [1.82, 2.24) is 10.2 Å². The summed E-state index contributed by atoms with van der Waals surface area (Å²) >= 11 is 0. The molecule has 1 aliphatic heterocycles. The standard InChI is InChI=1S/C25H38N2O4/c1-18-17-27(14-12-25(18,2)20-9-6-10-21(28)15-20)13-11-22(19-7-4-3-5-8-19)24(31)26-16-23(29)30/h6,9-10,15,18-19,22,28H,3-5,7-8,11-14,16-17H2,1-2H3,(H,26,31)(H,29,30). The van der Waals surface area contributed by atoms with E-state index in [1.165, 1.54) is 12.0 Å². The molecule has 1 heterocycles. The number of aliphatic carboxylic acids is 1. The maximum Gasteiger partial charge on any atom is 0.322 e. The van der Waals surface area contributed by atoms with E-state index in [9.17, 15) is 14.7 Å². The highest BCUT2D eigenvalue weighted by atomic mass is 16.4. The van der Waals surface area contributed by atoms with Gasteiger partial charge in [0.15, 0.2) is 0 Å². The van der Waals surface area contributed by atoms with Gasteiger partial charge in [-0.1, -0.05) is 45.2 Å². The van der Waals surface area contributed by atoms with Crippen LogP contribution in [0.1, 0.15) is 64.4 Å². The van der Waals surface area contributed by atoms with Crippen molar-refractivity contribution in [2.45, 2.75) is 64.2 Å². The molecule has 3 rings (SSSR count). The molecule has 1 aliphatic carbocycles. The van der Waals surface area contributed by atoms with Gasteiger partial charge in [0.2, 0.25) is 5.91 Å². The number of likely N-dealkylation sites (tertiary alicyclic amines) is 1. The van der Waals surface area contributed by atoms with E-state index in [0.717, 1.165) is 58.2 Å². The van der Waals surface area contributed by atoms with Gasteiger partial charge in [0, 0.05) is 12.5 Å². The lowest BCUT2D eigenvalue weighted by atomic mass is 9.68. The number of carboxylic acid groups (broad SMARTS) is 1. The number of nitrogens with one attached hydrogen (secondary N) is 1. The Labute approximate surface area is 186 Å². The summed E-state index contributed by atoms with van der Waals surface area (Å²) in [6, 6.07) is 7.63. The van der Waals surface area contributed by atoms with Crippen molar-refractivity contribution in [1.29, 1.82) is 0 Å². The summed E-state index contributed by atoms with van der Waals surface area (Å²) in [5.41, 5.74) is 1.21. The van der Waals surface area contributed by atoms with Crippen molar-refractivity contribution < 1.29 is 19.8 Å². The first kappa shape index (κ1) is 23.6. The predicted octanol–water partition coefficient (Wildman–Crippen LogP) is 3.78. The number of carbonyl (C=O) groups excluding carboxylic acids is 1. The van der Waals surface area contributed by atoms with Crippen LogP contribution in [0.2, 0.25) is 0 Å². The lowest BCUT2D eigenvalue weighted by molar-refractivity contribution is -0.139. The molecule has 6 nitrogen and oxygen atoms in total. The molecule has 2 fully saturated rings. The van der Waals surface area contributed by atoms with Gasteiger partial charge < -0.3 is 20.4 Å². The predicted molar refractivity (Wildman–Crippen MR) is 121 cm³/mol. The molecule has 1 aromatic rings. The molecule has 3 atom stereocenters. The minimum Gasteiger partial charge on any atom is -0.508 e. The van der Waals surface area contributed by atoms with Gasteiger partial charge in [-0.2, -0.15) is 0 Å². The monoisotopic (exact) mass is 430 g/mol. The van der Waals surface area contributed by atoms with E-state index in [2.05, 4.69) is 30.1 Å². The number of piperidine rings is 1.